The second kappa shape index (κ2) is 8.78. The maximum absolute atomic E-state index is 6.12. The SMILES string of the molecule is CSc1nc2nc(C)cc(OCC3CN(Cc4ccnc5ccccc45)CCO3)n2n1. The Labute approximate surface area is 184 Å². The molecule has 1 atom stereocenters. The fraction of sp³-hybridized carbons (Fsp3) is 0.364. The first-order valence-electron chi connectivity index (χ1n) is 10.3. The molecule has 0 amide bonds. The number of morpholine rings is 1. The molecule has 1 aliphatic rings. The summed E-state index contributed by atoms with van der Waals surface area (Å²) in [6.45, 7) is 5.62. The molecule has 9 heteroatoms. The van der Waals surface area contributed by atoms with E-state index >= 15 is 0 Å². The molecule has 0 N–H and O–H groups in total. The van der Waals surface area contributed by atoms with E-state index in [0.717, 1.165) is 30.8 Å². The van der Waals surface area contributed by atoms with Gasteiger partial charge in [0.25, 0.3) is 5.78 Å². The lowest BCUT2D eigenvalue weighted by atomic mass is 10.1. The van der Waals surface area contributed by atoms with Crippen LogP contribution >= 0.6 is 11.8 Å². The first kappa shape index (κ1) is 20.2. The smallest absolute Gasteiger partial charge is 0.256 e. The molecule has 31 heavy (non-hydrogen) atoms. The largest absolute Gasteiger partial charge is 0.475 e. The topological polar surface area (TPSA) is 77.7 Å². The number of pyridine rings is 1. The van der Waals surface area contributed by atoms with Gasteiger partial charge in [-0.05, 0) is 30.9 Å². The van der Waals surface area contributed by atoms with E-state index in [1.807, 2.05) is 31.5 Å². The minimum absolute atomic E-state index is 0.0195. The molecule has 1 aliphatic heterocycles. The third-order valence-corrected chi connectivity index (χ3v) is 5.88. The zero-order valence-corrected chi connectivity index (χ0v) is 18.4. The molecule has 1 unspecified atom stereocenters. The molecule has 0 radical (unpaired) electrons. The van der Waals surface area contributed by atoms with Crippen molar-refractivity contribution in [3.63, 3.8) is 0 Å². The summed E-state index contributed by atoms with van der Waals surface area (Å²) in [5, 5.41) is 6.34. The molecule has 8 nitrogen and oxygen atoms in total. The van der Waals surface area contributed by atoms with Crippen molar-refractivity contribution in [2.75, 3.05) is 32.6 Å². The second-order valence-electron chi connectivity index (χ2n) is 7.57. The van der Waals surface area contributed by atoms with Crippen molar-refractivity contribution >= 4 is 28.4 Å². The van der Waals surface area contributed by atoms with Gasteiger partial charge in [0.05, 0.1) is 12.1 Å². The van der Waals surface area contributed by atoms with Gasteiger partial charge < -0.3 is 9.47 Å². The molecule has 4 aromatic rings. The van der Waals surface area contributed by atoms with Gasteiger partial charge in [-0.15, -0.1) is 5.10 Å². The van der Waals surface area contributed by atoms with Gasteiger partial charge in [0, 0.05) is 43.0 Å². The lowest BCUT2D eigenvalue weighted by molar-refractivity contribution is -0.0512. The Morgan fingerprint density at radius 3 is 3.03 bits per heavy atom. The van der Waals surface area contributed by atoms with Crippen LogP contribution in [0.25, 0.3) is 16.7 Å². The maximum Gasteiger partial charge on any atom is 0.256 e. The van der Waals surface area contributed by atoms with Crippen molar-refractivity contribution in [1.82, 2.24) is 29.5 Å². The van der Waals surface area contributed by atoms with Crippen LogP contribution in [0.3, 0.4) is 0 Å². The van der Waals surface area contributed by atoms with E-state index in [2.05, 4.69) is 49.2 Å². The predicted molar refractivity (Wildman–Crippen MR) is 120 cm³/mol. The Morgan fingerprint density at radius 1 is 1.23 bits per heavy atom. The highest BCUT2D eigenvalue weighted by Gasteiger charge is 2.22. The average Bonchev–Trinajstić information content (AvgIpc) is 3.21. The first-order valence-corrected chi connectivity index (χ1v) is 11.5. The highest BCUT2D eigenvalue weighted by atomic mass is 32.2. The number of aryl methyl sites for hydroxylation is 1. The average molecular weight is 437 g/mol. The van der Waals surface area contributed by atoms with E-state index in [1.165, 1.54) is 22.7 Å². The number of fused-ring (bicyclic) bond motifs is 2. The van der Waals surface area contributed by atoms with Gasteiger partial charge >= 0.3 is 0 Å². The van der Waals surface area contributed by atoms with Gasteiger partial charge in [-0.2, -0.15) is 9.50 Å². The standard InChI is InChI=1S/C22H24N6O2S/c1-15-11-20(28-21(24-15)25-22(26-28)31-2)30-14-17-13-27(9-10-29-17)12-16-7-8-23-19-6-4-3-5-18(16)19/h3-8,11,17H,9-10,12-14H2,1-2H3. The van der Waals surface area contributed by atoms with E-state index in [4.69, 9.17) is 9.47 Å². The van der Waals surface area contributed by atoms with E-state index in [9.17, 15) is 0 Å². The molecule has 0 aliphatic carbocycles. The third-order valence-electron chi connectivity index (χ3n) is 5.34. The van der Waals surface area contributed by atoms with Crippen LogP contribution in [0.15, 0.2) is 47.8 Å². The Bertz CT molecular complexity index is 1210. The number of rotatable bonds is 6. The molecule has 3 aromatic heterocycles. The maximum atomic E-state index is 6.12. The summed E-state index contributed by atoms with van der Waals surface area (Å²) in [5.41, 5.74) is 3.16. The fourth-order valence-corrected chi connectivity index (χ4v) is 4.20. The number of benzene rings is 1. The molecule has 1 aromatic carbocycles. The van der Waals surface area contributed by atoms with Gasteiger partial charge in [0.1, 0.15) is 12.7 Å². The number of hydrogen-bond acceptors (Lipinski definition) is 8. The molecular formula is C22H24N6O2S. The minimum Gasteiger partial charge on any atom is -0.475 e. The van der Waals surface area contributed by atoms with Crippen LogP contribution < -0.4 is 4.74 Å². The summed E-state index contributed by atoms with van der Waals surface area (Å²) < 4.78 is 13.8. The summed E-state index contributed by atoms with van der Waals surface area (Å²) in [7, 11) is 0. The number of nitrogens with zero attached hydrogens (tertiary/aromatic N) is 6. The molecule has 1 fully saturated rings. The Kier molecular flexibility index (Phi) is 5.71. The zero-order valence-electron chi connectivity index (χ0n) is 17.6. The van der Waals surface area contributed by atoms with Crippen LogP contribution in [-0.2, 0) is 11.3 Å². The zero-order chi connectivity index (χ0) is 21.2. The van der Waals surface area contributed by atoms with E-state index in [1.54, 1.807) is 4.52 Å². The van der Waals surface area contributed by atoms with Gasteiger partial charge in [-0.3, -0.25) is 9.88 Å². The van der Waals surface area contributed by atoms with Crippen molar-refractivity contribution < 1.29 is 9.47 Å². The molecule has 160 valence electrons. The van der Waals surface area contributed by atoms with E-state index in [0.29, 0.717) is 30.0 Å². The van der Waals surface area contributed by atoms with Crippen LogP contribution in [0, 0.1) is 6.92 Å². The van der Waals surface area contributed by atoms with Gasteiger partial charge in [-0.1, -0.05) is 30.0 Å². The molecule has 0 spiro atoms. The summed E-state index contributed by atoms with van der Waals surface area (Å²) in [6.07, 6.45) is 3.81. The second-order valence-corrected chi connectivity index (χ2v) is 8.35. The van der Waals surface area contributed by atoms with Crippen molar-refractivity contribution in [2.45, 2.75) is 24.7 Å². The highest BCUT2D eigenvalue weighted by Crippen LogP contribution is 2.21. The molecule has 5 rings (SSSR count). The summed E-state index contributed by atoms with van der Waals surface area (Å²) in [5.74, 6) is 1.19. The van der Waals surface area contributed by atoms with Crippen molar-refractivity contribution in [3.05, 3.63) is 53.9 Å². The first-order chi connectivity index (χ1) is 15.2. The highest BCUT2D eigenvalue weighted by molar-refractivity contribution is 7.98. The number of ether oxygens (including phenoxy) is 2. The molecule has 0 saturated carbocycles. The normalized spacial score (nSPS) is 17.4. The van der Waals surface area contributed by atoms with Gasteiger partial charge in [0.15, 0.2) is 0 Å². The van der Waals surface area contributed by atoms with Crippen LogP contribution in [0.1, 0.15) is 11.3 Å². The number of para-hydroxylation sites is 1. The molecule has 0 bridgehead atoms. The Morgan fingerprint density at radius 2 is 2.13 bits per heavy atom. The third kappa shape index (κ3) is 4.34. The van der Waals surface area contributed by atoms with Crippen LogP contribution in [0.2, 0.25) is 0 Å². The van der Waals surface area contributed by atoms with Crippen molar-refractivity contribution in [3.8, 4) is 5.88 Å². The Hall–Kier alpha value is -2.75. The van der Waals surface area contributed by atoms with Crippen LogP contribution in [0.4, 0.5) is 0 Å². The van der Waals surface area contributed by atoms with Gasteiger partial charge in [0.2, 0.25) is 11.0 Å². The monoisotopic (exact) mass is 436 g/mol. The van der Waals surface area contributed by atoms with E-state index < -0.39 is 0 Å². The molecule has 1 saturated heterocycles. The lowest BCUT2D eigenvalue weighted by Crippen LogP contribution is -2.44. The predicted octanol–water partition coefficient (Wildman–Crippen LogP) is 2.98. The summed E-state index contributed by atoms with van der Waals surface area (Å²) in [4.78, 5) is 15.7. The number of aromatic nitrogens is 5. The summed E-state index contributed by atoms with van der Waals surface area (Å²) >= 11 is 1.48. The molecular weight excluding hydrogens is 412 g/mol. The van der Waals surface area contributed by atoms with Crippen LogP contribution in [0.5, 0.6) is 5.88 Å². The number of hydrogen-bond donors (Lipinski definition) is 0. The summed E-state index contributed by atoms with van der Waals surface area (Å²) in [6, 6.07) is 12.3. The van der Waals surface area contributed by atoms with Crippen molar-refractivity contribution in [1.29, 1.82) is 0 Å². The van der Waals surface area contributed by atoms with Crippen LogP contribution in [-0.4, -0.2) is 68.1 Å². The molecule has 4 heterocycles. The minimum atomic E-state index is -0.0195. The number of thioether (sulfide) groups is 1. The Balaban J connectivity index is 1.27. The van der Waals surface area contributed by atoms with Crippen molar-refractivity contribution in [2.24, 2.45) is 0 Å². The lowest BCUT2D eigenvalue weighted by Gasteiger charge is -2.33. The van der Waals surface area contributed by atoms with E-state index in [-0.39, 0.29) is 6.10 Å². The fourth-order valence-electron chi connectivity index (χ4n) is 3.86. The van der Waals surface area contributed by atoms with Gasteiger partial charge in [-0.25, -0.2) is 4.98 Å². The quantitative estimate of drug-likeness (QED) is 0.427.